The fourth-order valence-corrected chi connectivity index (χ4v) is 2.52. The van der Waals surface area contributed by atoms with Crippen LogP contribution in [0.1, 0.15) is 29.1 Å². The number of rotatable bonds is 5. The first-order valence-electron chi connectivity index (χ1n) is 7.38. The molecular formula is C13H14ClNO5S. The molecule has 8 heteroatoms. The normalized spacial score (nSPS) is 25.0. The fourth-order valence-electron chi connectivity index (χ4n) is 1.60. The van der Waals surface area contributed by atoms with Crippen molar-refractivity contribution in [2.45, 2.75) is 19.4 Å². The number of hydrogen-bond acceptors (Lipinski definition) is 6. The maximum absolute atomic E-state index is 12.4. The van der Waals surface area contributed by atoms with Crippen molar-refractivity contribution in [1.82, 2.24) is 0 Å². The van der Waals surface area contributed by atoms with Crippen LogP contribution in [-0.2, 0) is 23.8 Å². The third kappa shape index (κ3) is 3.48. The highest BCUT2D eigenvalue weighted by Crippen LogP contribution is 2.32. The summed E-state index contributed by atoms with van der Waals surface area (Å²) in [5, 5.41) is 0.365. The van der Waals surface area contributed by atoms with Gasteiger partial charge in [0.05, 0.1) is 7.08 Å². The van der Waals surface area contributed by atoms with Crippen molar-refractivity contribution in [3.8, 4) is 0 Å². The van der Waals surface area contributed by atoms with Crippen LogP contribution < -0.4 is 5.73 Å². The fraction of sp³-hybridized carbons (Fsp3) is 0.308. The van der Waals surface area contributed by atoms with Gasteiger partial charge in [-0.15, -0.1) is 0 Å². The quantitative estimate of drug-likeness (QED) is 0.826. The number of benzene rings is 1. The van der Waals surface area contributed by atoms with Gasteiger partial charge in [0.25, 0.3) is 0 Å². The lowest BCUT2D eigenvalue weighted by Gasteiger charge is -2.09. The van der Waals surface area contributed by atoms with Crippen molar-refractivity contribution in [3.05, 3.63) is 46.5 Å². The Morgan fingerprint density at radius 2 is 2.10 bits per heavy atom. The minimum Gasteiger partial charge on any atom is -0.460 e. The van der Waals surface area contributed by atoms with Crippen molar-refractivity contribution in [2.24, 2.45) is 5.73 Å². The van der Waals surface area contributed by atoms with Crippen LogP contribution in [0.5, 0.6) is 0 Å². The zero-order valence-corrected chi connectivity index (χ0v) is 12.5. The van der Waals surface area contributed by atoms with Gasteiger partial charge in [-0.3, -0.25) is 4.79 Å². The van der Waals surface area contributed by atoms with Gasteiger partial charge in [0.15, 0.2) is 6.08 Å². The molecule has 0 saturated heterocycles. The van der Waals surface area contributed by atoms with Crippen molar-refractivity contribution in [2.75, 3.05) is 5.70 Å². The van der Waals surface area contributed by atoms with Crippen LogP contribution in [0.15, 0.2) is 35.9 Å². The minimum atomic E-state index is -4.81. The van der Waals surface area contributed by atoms with Crippen LogP contribution in [0.4, 0.5) is 0 Å². The van der Waals surface area contributed by atoms with E-state index >= 15 is 0 Å². The summed E-state index contributed by atoms with van der Waals surface area (Å²) in [5.74, 6) is -2.78. The number of ether oxygens (including phenoxy) is 1. The highest BCUT2D eigenvalue weighted by atomic mass is 35.5. The molecule has 1 aliphatic heterocycles. The Balaban J connectivity index is 2.36. The minimum absolute atomic E-state index is 0.0642. The van der Waals surface area contributed by atoms with Crippen LogP contribution in [0.3, 0.4) is 0 Å². The van der Waals surface area contributed by atoms with Crippen molar-refractivity contribution < 1.29 is 26.2 Å². The summed E-state index contributed by atoms with van der Waals surface area (Å²) in [6, 6.07) is 5.54. The Morgan fingerprint density at radius 1 is 1.48 bits per heavy atom. The molecule has 2 N–H and O–H groups in total. The van der Waals surface area contributed by atoms with Gasteiger partial charge in [0.2, 0.25) is 17.4 Å². The smallest absolute Gasteiger partial charge is 0.309 e. The number of Topliss-reactive ketones (excluding diaryl/α,β-unsaturated/α-hetero) is 1. The first kappa shape index (κ1) is 11.9. The van der Waals surface area contributed by atoms with Gasteiger partial charge < -0.3 is 14.7 Å². The largest absolute Gasteiger partial charge is 0.460 e. The summed E-state index contributed by atoms with van der Waals surface area (Å²) in [5.41, 5.74) is 2.82. The lowest BCUT2D eigenvalue weighted by Crippen LogP contribution is -2.16. The molecule has 1 unspecified atom stereocenters. The lowest BCUT2D eigenvalue weighted by atomic mass is 10.1. The Kier molecular flexibility index (Phi) is 3.36. The van der Waals surface area contributed by atoms with Gasteiger partial charge in [-0.2, -0.15) is 8.42 Å². The maximum atomic E-state index is 12.4. The standard InChI is InChI=1S/C13H14ClNO5S/c1-2-7-21(17,18)20-12-10(16)11(19-13(12)15)8-3-5-9(14)6-4-8/h3-6,11H,2,7,15H2,1H3/i7D2,11D. The molecular weight excluding hydrogens is 318 g/mol. The molecule has 0 bridgehead atoms. The molecule has 1 aliphatic rings. The van der Waals surface area contributed by atoms with Crippen molar-refractivity contribution in [3.63, 3.8) is 0 Å². The summed E-state index contributed by atoms with van der Waals surface area (Å²) in [6.07, 6.45) is -2.74. The van der Waals surface area contributed by atoms with Crippen LogP contribution >= 0.6 is 11.6 Å². The molecule has 2 rings (SSSR count). The average Bonchev–Trinajstić information content (AvgIpc) is 2.72. The Bertz CT molecular complexity index is 809. The van der Waals surface area contributed by atoms with Crippen LogP contribution in [0, 0.1) is 0 Å². The van der Waals surface area contributed by atoms with Gasteiger partial charge in [0.1, 0.15) is 0 Å². The molecule has 0 radical (unpaired) electrons. The monoisotopic (exact) mass is 334 g/mol. The number of carbonyl (C=O) groups excluding carboxylic acids is 1. The zero-order chi connectivity index (χ0) is 18.3. The van der Waals surface area contributed by atoms with Gasteiger partial charge in [0, 0.05) is 13.3 Å². The number of hydrogen-bond donors (Lipinski definition) is 1. The molecule has 114 valence electrons. The van der Waals surface area contributed by atoms with E-state index in [1.165, 1.54) is 31.2 Å². The second-order valence-corrected chi connectivity index (χ2v) is 5.80. The molecule has 6 nitrogen and oxygen atoms in total. The summed E-state index contributed by atoms with van der Waals surface area (Å²) in [6.45, 7) is 1.30. The Hall–Kier alpha value is -1.73. The average molecular weight is 335 g/mol. The molecule has 1 aromatic rings. The molecule has 1 heterocycles. The van der Waals surface area contributed by atoms with E-state index in [0.29, 0.717) is 5.02 Å². The lowest BCUT2D eigenvalue weighted by molar-refractivity contribution is -0.123. The summed E-state index contributed by atoms with van der Waals surface area (Å²) in [7, 11) is -4.81. The third-order valence-electron chi connectivity index (χ3n) is 2.47. The predicted molar refractivity (Wildman–Crippen MR) is 76.7 cm³/mol. The molecule has 1 aromatic carbocycles. The second-order valence-electron chi connectivity index (χ2n) is 4.00. The summed E-state index contributed by atoms with van der Waals surface area (Å²) >= 11 is 5.74. The van der Waals surface area contributed by atoms with Gasteiger partial charge in [-0.1, -0.05) is 30.7 Å². The molecule has 21 heavy (non-hydrogen) atoms. The maximum Gasteiger partial charge on any atom is 0.309 e. The number of nitrogens with two attached hydrogens (primary N) is 1. The van der Waals surface area contributed by atoms with E-state index in [-0.39, 0.29) is 5.56 Å². The molecule has 0 amide bonds. The first-order valence-corrected chi connectivity index (χ1v) is 7.67. The highest BCUT2D eigenvalue weighted by Gasteiger charge is 2.39. The van der Waals surface area contributed by atoms with Crippen LogP contribution in [0.25, 0.3) is 0 Å². The Morgan fingerprint density at radius 3 is 2.67 bits per heavy atom. The van der Waals surface area contributed by atoms with Crippen LogP contribution in [0.2, 0.25) is 5.02 Å². The molecule has 0 fully saturated rings. The van der Waals surface area contributed by atoms with Crippen molar-refractivity contribution >= 4 is 27.5 Å². The van der Waals surface area contributed by atoms with E-state index in [2.05, 4.69) is 4.18 Å². The molecule has 0 aromatic heterocycles. The number of ketones is 1. The van der Waals surface area contributed by atoms with E-state index in [1.54, 1.807) is 0 Å². The zero-order valence-electron chi connectivity index (χ0n) is 13.9. The SMILES string of the molecule is [2H]C1(c2ccc(Cl)cc2)OC(N)=C(OS(=O)(=O)C([2H])([2H])CC)C1=O. The first-order chi connectivity index (χ1) is 10.9. The van der Waals surface area contributed by atoms with Crippen LogP contribution in [-0.4, -0.2) is 19.9 Å². The Labute approximate surface area is 131 Å². The van der Waals surface area contributed by atoms with Gasteiger partial charge >= 0.3 is 10.1 Å². The van der Waals surface area contributed by atoms with E-state index < -0.39 is 45.7 Å². The second kappa shape index (κ2) is 5.95. The molecule has 0 saturated carbocycles. The summed E-state index contributed by atoms with van der Waals surface area (Å²) < 4.78 is 56.5. The van der Waals surface area contributed by atoms with E-state index in [9.17, 15) is 13.2 Å². The molecule has 1 atom stereocenters. The van der Waals surface area contributed by atoms with Gasteiger partial charge in [-0.05, 0) is 18.6 Å². The van der Waals surface area contributed by atoms with Gasteiger partial charge in [-0.25, -0.2) is 0 Å². The number of halogens is 1. The van der Waals surface area contributed by atoms with E-state index in [1.807, 2.05) is 0 Å². The van der Waals surface area contributed by atoms with E-state index in [0.717, 1.165) is 0 Å². The molecule has 0 aliphatic carbocycles. The van der Waals surface area contributed by atoms with Crippen molar-refractivity contribution in [1.29, 1.82) is 0 Å². The topological polar surface area (TPSA) is 95.7 Å². The predicted octanol–water partition coefficient (Wildman–Crippen LogP) is 1.86. The third-order valence-corrected chi connectivity index (χ3v) is 3.75. The summed E-state index contributed by atoms with van der Waals surface area (Å²) in [4.78, 5) is 12.4. The highest BCUT2D eigenvalue weighted by molar-refractivity contribution is 7.86. The molecule has 0 spiro atoms. The number of carbonyl (C=O) groups is 1. The van der Waals surface area contributed by atoms with E-state index in [4.69, 9.17) is 26.2 Å².